The van der Waals surface area contributed by atoms with Crippen molar-refractivity contribution >= 4 is 34.4 Å². The largest absolute Gasteiger partial charge is 0.452 e. The van der Waals surface area contributed by atoms with Gasteiger partial charge in [-0.1, -0.05) is 30.3 Å². The molecule has 0 heterocycles. The Labute approximate surface area is 153 Å². The highest BCUT2D eigenvalue weighted by molar-refractivity contribution is 7.99. The van der Waals surface area contributed by atoms with Crippen molar-refractivity contribution in [1.82, 2.24) is 5.32 Å². The minimum absolute atomic E-state index is 0.218. The first kappa shape index (κ1) is 19.2. The van der Waals surface area contributed by atoms with E-state index in [9.17, 15) is 13.8 Å². The number of thioether (sulfide) groups is 1. The standard InChI is InChI=1S/C18H19NO4S2/c1-25(22)16-10-6-5-9-15(16)18(21)23-13-17(20)19-11-12-24-14-7-3-2-4-8-14/h2-10H,11-13H2,1H3,(H,19,20)/t25-/m1/s1. The molecule has 0 aromatic heterocycles. The van der Waals surface area contributed by atoms with Gasteiger partial charge in [0.2, 0.25) is 0 Å². The maximum absolute atomic E-state index is 12.0. The van der Waals surface area contributed by atoms with Crippen molar-refractivity contribution < 1.29 is 18.5 Å². The van der Waals surface area contributed by atoms with Crippen LogP contribution in [0, 0.1) is 0 Å². The van der Waals surface area contributed by atoms with Crippen LogP contribution in [0.4, 0.5) is 0 Å². The smallest absolute Gasteiger partial charge is 0.339 e. The number of carbonyl (C=O) groups is 2. The minimum Gasteiger partial charge on any atom is -0.452 e. The molecule has 1 amide bonds. The maximum atomic E-state index is 12.0. The molecule has 0 aliphatic rings. The van der Waals surface area contributed by atoms with E-state index in [0.717, 1.165) is 10.6 Å². The van der Waals surface area contributed by atoms with Crippen LogP contribution in [-0.2, 0) is 20.3 Å². The molecule has 1 atom stereocenters. The Balaban J connectivity index is 1.73. The van der Waals surface area contributed by atoms with Gasteiger partial charge in [0.05, 0.1) is 21.3 Å². The summed E-state index contributed by atoms with van der Waals surface area (Å²) in [5.41, 5.74) is 0.218. The molecule has 2 aromatic rings. The molecule has 0 aliphatic carbocycles. The predicted octanol–water partition coefficient (Wildman–Crippen LogP) is 2.49. The van der Waals surface area contributed by atoms with Gasteiger partial charge >= 0.3 is 5.97 Å². The summed E-state index contributed by atoms with van der Waals surface area (Å²) in [7, 11) is -1.30. The number of rotatable bonds is 8. The lowest BCUT2D eigenvalue weighted by Crippen LogP contribution is -2.30. The number of ether oxygens (including phenoxy) is 1. The highest BCUT2D eigenvalue weighted by Gasteiger charge is 2.15. The number of benzene rings is 2. The van der Waals surface area contributed by atoms with E-state index in [1.54, 1.807) is 30.0 Å². The van der Waals surface area contributed by atoms with Crippen LogP contribution >= 0.6 is 11.8 Å². The van der Waals surface area contributed by atoms with Crippen LogP contribution in [0.3, 0.4) is 0 Å². The predicted molar refractivity (Wildman–Crippen MR) is 99.2 cm³/mol. The molecule has 0 bridgehead atoms. The molecule has 7 heteroatoms. The van der Waals surface area contributed by atoms with Gasteiger partial charge in [0.1, 0.15) is 0 Å². The van der Waals surface area contributed by atoms with Gasteiger partial charge in [-0.3, -0.25) is 9.00 Å². The van der Waals surface area contributed by atoms with Gasteiger partial charge in [-0.05, 0) is 24.3 Å². The third-order valence-corrected chi connectivity index (χ3v) is 5.18. The lowest BCUT2D eigenvalue weighted by molar-refractivity contribution is -0.124. The molecule has 0 unspecified atom stereocenters. The number of esters is 1. The zero-order valence-corrected chi connectivity index (χ0v) is 15.4. The molecule has 0 aliphatic heterocycles. The van der Waals surface area contributed by atoms with E-state index in [4.69, 9.17) is 4.74 Å². The number of amides is 1. The molecular formula is C18H19NO4S2. The average molecular weight is 377 g/mol. The number of carbonyl (C=O) groups excluding carboxylic acids is 2. The van der Waals surface area contributed by atoms with E-state index in [2.05, 4.69) is 5.32 Å². The van der Waals surface area contributed by atoms with Crippen molar-refractivity contribution in [2.75, 3.05) is 25.2 Å². The fourth-order valence-corrected chi connectivity index (χ4v) is 3.54. The normalized spacial score (nSPS) is 11.6. The molecule has 2 aromatic carbocycles. The molecule has 132 valence electrons. The van der Waals surface area contributed by atoms with E-state index in [1.165, 1.54) is 12.3 Å². The third-order valence-electron chi connectivity index (χ3n) is 3.19. The Bertz CT molecular complexity index is 750. The Morgan fingerprint density at radius 3 is 2.48 bits per heavy atom. The second-order valence-electron chi connectivity index (χ2n) is 5.04. The monoisotopic (exact) mass is 377 g/mol. The lowest BCUT2D eigenvalue weighted by Gasteiger charge is -2.08. The van der Waals surface area contributed by atoms with Gasteiger partial charge in [-0.25, -0.2) is 4.79 Å². The maximum Gasteiger partial charge on any atom is 0.339 e. The van der Waals surface area contributed by atoms with E-state index >= 15 is 0 Å². The number of hydrogen-bond acceptors (Lipinski definition) is 5. The van der Waals surface area contributed by atoms with E-state index in [1.807, 2.05) is 30.3 Å². The van der Waals surface area contributed by atoms with Crippen LogP contribution in [0.25, 0.3) is 0 Å². The van der Waals surface area contributed by atoms with Gasteiger partial charge in [0, 0.05) is 23.4 Å². The first-order valence-corrected chi connectivity index (χ1v) is 10.2. The second kappa shape index (κ2) is 10.0. The van der Waals surface area contributed by atoms with Crippen molar-refractivity contribution in [1.29, 1.82) is 0 Å². The molecule has 0 spiro atoms. The molecule has 0 saturated carbocycles. The van der Waals surface area contributed by atoms with Crippen LogP contribution in [0.2, 0.25) is 0 Å². The quantitative estimate of drug-likeness (QED) is 0.435. The summed E-state index contributed by atoms with van der Waals surface area (Å²) in [5.74, 6) is -0.293. The Kier molecular flexibility index (Phi) is 7.69. The second-order valence-corrected chi connectivity index (χ2v) is 7.55. The van der Waals surface area contributed by atoms with E-state index < -0.39 is 16.8 Å². The molecule has 5 nitrogen and oxygen atoms in total. The highest BCUT2D eigenvalue weighted by Crippen LogP contribution is 2.16. The fraction of sp³-hybridized carbons (Fsp3) is 0.222. The summed E-state index contributed by atoms with van der Waals surface area (Å²) in [6, 6.07) is 16.4. The third kappa shape index (κ3) is 6.36. The van der Waals surface area contributed by atoms with Crippen molar-refractivity contribution in [3.63, 3.8) is 0 Å². The van der Waals surface area contributed by atoms with Gasteiger partial charge < -0.3 is 10.1 Å². The fourth-order valence-electron chi connectivity index (χ4n) is 2.02. The van der Waals surface area contributed by atoms with Crippen molar-refractivity contribution in [3.8, 4) is 0 Å². The van der Waals surface area contributed by atoms with Crippen LogP contribution < -0.4 is 5.32 Å². The van der Waals surface area contributed by atoms with E-state index in [-0.39, 0.29) is 18.1 Å². The summed E-state index contributed by atoms with van der Waals surface area (Å²) >= 11 is 1.63. The van der Waals surface area contributed by atoms with Crippen molar-refractivity contribution in [3.05, 3.63) is 60.2 Å². The summed E-state index contributed by atoms with van der Waals surface area (Å²) in [4.78, 5) is 25.3. The van der Waals surface area contributed by atoms with Gasteiger partial charge in [-0.15, -0.1) is 11.8 Å². The van der Waals surface area contributed by atoms with Gasteiger partial charge in [0.25, 0.3) is 5.91 Å². The molecule has 25 heavy (non-hydrogen) atoms. The van der Waals surface area contributed by atoms with Crippen LogP contribution in [-0.4, -0.2) is 41.2 Å². The van der Waals surface area contributed by atoms with Gasteiger partial charge in [-0.2, -0.15) is 0 Å². The zero-order valence-electron chi connectivity index (χ0n) is 13.8. The molecule has 0 saturated heterocycles. The van der Waals surface area contributed by atoms with Crippen molar-refractivity contribution in [2.45, 2.75) is 9.79 Å². The first-order valence-electron chi connectivity index (χ1n) is 7.62. The van der Waals surface area contributed by atoms with Crippen LogP contribution in [0.15, 0.2) is 64.4 Å². The zero-order chi connectivity index (χ0) is 18.1. The Hall–Kier alpha value is -2.12. The first-order chi connectivity index (χ1) is 12.1. The summed E-state index contributed by atoms with van der Waals surface area (Å²) in [6.07, 6.45) is 1.49. The summed E-state index contributed by atoms with van der Waals surface area (Å²) in [5, 5.41) is 2.70. The Morgan fingerprint density at radius 2 is 1.76 bits per heavy atom. The summed E-state index contributed by atoms with van der Waals surface area (Å²) < 4.78 is 16.6. The molecule has 1 N–H and O–H groups in total. The molecule has 0 radical (unpaired) electrons. The van der Waals surface area contributed by atoms with Gasteiger partial charge in [0.15, 0.2) is 6.61 Å². The van der Waals surface area contributed by atoms with Crippen LogP contribution in [0.5, 0.6) is 0 Å². The Morgan fingerprint density at radius 1 is 1.08 bits per heavy atom. The number of hydrogen-bond donors (Lipinski definition) is 1. The SMILES string of the molecule is C[S@@](=O)c1ccccc1C(=O)OCC(=O)NCCSc1ccccc1. The molecular weight excluding hydrogens is 358 g/mol. The topological polar surface area (TPSA) is 72.5 Å². The molecule has 2 rings (SSSR count). The van der Waals surface area contributed by atoms with Crippen LogP contribution in [0.1, 0.15) is 10.4 Å². The van der Waals surface area contributed by atoms with Crippen molar-refractivity contribution in [2.24, 2.45) is 0 Å². The molecule has 0 fully saturated rings. The number of nitrogens with one attached hydrogen (secondary N) is 1. The average Bonchev–Trinajstić information content (AvgIpc) is 2.64. The summed E-state index contributed by atoms with van der Waals surface area (Å²) in [6.45, 7) is 0.116. The highest BCUT2D eigenvalue weighted by atomic mass is 32.2. The minimum atomic E-state index is -1.30. The van der Waals surface area contributed by atoms with E-state index in [0.29, 0.717) is 11.4 Å². The lowest BCUT2D eigenvalue weighted by atomic mass is 10.2.